The van der Waals surface area contributed by atoms with Crippen LogP contribution in [0.3, 0.4) is 0 Å². The first kappa shape index (κ1) is 24.5. The Morgan fingerprint density at radius 1 is 0.857 bits per heavy atom. The van der Waals surface area contributed by atoms with Crippen LogP contribution >= 0.6 is 11.8 Å². The average Bonchev–Trinajstić information content (AvgIpc) is 2.99. The maximum atomic E-state index is 11.5. The molecule has 0 aromatic rings. The zero-order valence-electron chi connectivity index (χ0n) is 15.8. The van der Waals surface area contributed by atoms with Gasteiger partial charge in [-0.05, 0) is 0 Å². The summed E-state index contributed by atoms with van der Waals surface area (Å²) in [5.41, 5.74) is 0. The minimum Gasteiger partial charge on any atom is -0.378 e. The Morgan fingerprint density at radius 3 is 1.89 bits per heavy atom. The van der Waals surface area contributed by atoms with Gasteiger partial charge in [0.25, 0.3) is 11.8 Å². The van der Waals surface area contributed by atoms with E-state index >= 15 is 0 Å². The van der Waals surface area contributed by atoms with E-state index in [-0.39, 0.29) is 25.9 Å². The van der Waals surface area contributed by atoms with Crippen molar-refractivity contribution in [3.05, 3.63) is 0 Å². The van der Waals surface area contributed by atoms with Crippen LogP contribution in [0.4, 0.5) is 0 Å². The highest BCUT2D eigenvalue weighted by molar-refractivity contribution is 7.99. The van der Waals surface area contributed by atoms with Gasteiger partial charge in [-0.15, -0.1) is 5.06 Å². The third-order valence-electron chi connectivity index (χ3n) is 3.32. The Balaban J connectivity index is 1.79. The molecule has 0 radical (unpaired) electrons. The Morgan fingerprint density at radius 2 is 1.36 bits per heavy atom. The maximum absolute atomic E-state index is 11.5. The summed E-state index contributed by atoms with van der Waals surface area (Å²) < 4.78 is 21.2. The van der Waals surface area contributed by atoms with Gasteiger partial charge < -0.3 is 28.6 Å². The molecule has 1 rings (SSSR count). The van der Waals surface area contributed by atoms with Gasteiger partial charge >= 0.3 is 5.97 Å². The van der Waals surface area contributed by atoms with Gasteiger partial charge in [0.1, 0.15) is 6.29 Å². The molecule has 28 heavy (non-hydrogen) atoms. The minimum atomic E-state index is -0.692. The van der Waals surface area contributed by atoms with Crippen LogP contribution in [0.5, 0.6) is 0 Å². The van der Waals surface area contributed by atoms with Gasteiger partial charge in [0, 0.05) is 24.3 Å². The van der Waals surface area contributed by atoms with Gasteiger partial charge in [0.2, 0.25) is 0 Å². The van der Waals surface area contributed by atoms with Crippen LogP contribution < -0.4 is 0 Å². The van der Waals surface area contributed by atoms with Crippen molar-refractivity contribution in [2.45, 2.75) is 19.3 Å². The number of imide groups is 1. The first-order valence-electron chi connectivity index (χ1n) is 9.04. The molecule has 1 aliphatic rings. The number of amides is 2. The largest absolute Gasteiger partial charge is 0.378 e. The lowest BCUT2D eigenvalue weighted by Crippen LogP contribution is -2.32. The number of thioether (sulfide) groups is 1. The number of hydrogen-bond acceptors (Lipinski definition) is 10. The molecule has 1 heterocycles. The Bertz CT molecular complexity index is 473. The summed E-state index contributed by atoms with van der Waals surface area (Å²) in [5, 5.41) is 0.517. The second kappa shape index (κ2) is 16.4. The summed E-state index contributed by atoms with van der Waals surface area (Å²) in [6.45, 7) is 3.18. The maximum Gasteiger partial charge on any atom is 0.335 e. The van der Waals surface area contributed by atoms with Gasteiger partial charge in [0.05, 0.1) is 59.3 Å². The zero-order valence-corrected chi connectivity index (χ0v) is 16.6. The van der Waals surface area contributed by atoms with Crippen molar-refractivity contribution in [2.75, 3.05) is 64.4 Å². The third kappa shape index (κ3) is 12.0. The summed E-state index contributed by atoms with van der Waals surface area (Å²) >= 11 is 1.52. The lowest BCUT2D eigenvalue weighted by molar-refractivity contribution is -0.198. The number of ether oxygens (including phenoxy) is 4. The van der Waals surface area contributed by atoms with Crippen LogP contribution in [0, 0.1) is 0 Å². The lowest BCUT2D eigenvalue weighted by atomic mass is 10.4. The lowest BCUT2D eigenvalue weighted by Gasteiger charge is -2.12. The molecule has 10 nitrogen and oxygen atoms in total. The molecule has 0 N–H and O–H groups in total. The molecule has 0 saturated carbocycles. The molecule has 0 aromatic carbocycles. The quantitative estimate of drug-likeness (QED) is 0.170. The molecule has 0 unspecified atom stereocenters. The summed E-state index contributed by atoms with van der Waals surface area (Å²) in [6, 6.07) is 0. The van der Waals surface area contributed by atoms with E-state index in [1.54, 1.807) is 0 Å². The van der Waals surface area contributed by atoms with Gasteiger partial charge in [-0.1, -0.05) is 0 Å². The van der Waals surface area contributed by atoms with Crippen LogP contribution in [-0.2, 0) is 43.0 Å². The monoisotopic (exact) mass is 421 g/mol. The molecule has 1 saturated heterocycles. The number of hydrogen-bond donors (Lipinski definition) is 0. The van der Waals surface area contributed by atoms with Crippen molar-refractivity contribution >= 4 is 35.8 Å². The van der Waals surface area contributed by atoms with Crippen molar-refractivity contribution < 1.29 is 43.0 Å². The van der Waals surface area contributed by atoms with E-state index in [9.17, 15) is 19.2 Å². The molecule has 0 atom stereocenters. The van der Waals surface area contributed by atoms with E-state index in [4.69, 9.17) is 23.8 Å². The number of aldehydes is 1. The van der Waals surface area contributed by atoms with E-state index in [1.807, 2.05) is 0 Å². The van der Waals surface area contributed by atoms with Gasteiger partial charge in [-0.3, -0.25) is 9.59 Å². The fourth-order valence-corrected chi connectivity index (χ4v) is 2.47. The summed E-state index contributed by atoms with van der Waals surface area (Å²) in [6.07, 6.45) is 0.944. The summed E-state index contributed by atoms with van der Waals surface area (Å²) in [7, 11) is 0. The van der Waals surface area contributed by atoms with Gasteiger partial charge in [-0.25, -0.2) is 4.79 Å². The molecule has 1 fully saturated rings. The predicted molar refractivity (Wildman–Crippen MR) is 98.5 cm³/mol. The molecule has 0 aromatic heterocycles. The normalized spacial score (nSPS) is 13.9. The first-order chi connectivity index (χ1) is 13.6. The number of rotatable bonds is 18. The van der Waals surface area contributed by atoms with E-state index in [1.165, 1.54) is 11.8 Å². The highest BCUT2D eigenvalue weighted by Gasteiger charge is 2.32. The molecular weight excluding hydrogens is 394 g/mol. The van der Waals surface area contributed by atoms with Crippen LogP contribution in [0.1, 0.15) is 19.3 Å². The minimum absolute atomic E-state index is 0.0617. The van der Waals surface area contributed by atoms with Crippen molar-refractivity contribution in [1.29, 1.82) is 0 Å². The number of nitrogens with zero attached hydrogens (tertiary/aromatic N) is 1. The fraction of sp³-hybridized carbons (Fsp3) is 0.765. The number of carbonyl (C=O) groups excluding carboxylic acids is 4. The molecule has 0 bridgehead atoms. The third-order valence-corrected chi connectivity index (χ3v) is 4.15. The second-order valence-electron chi connectivity index (χ2n) is 5.49. The van der Waals surface area contributed by atoms with E-state index < -0.39 is 17.8 Å². The molecular formula is C17H27NO9S. The standard InChI is InChI=1S/C17H27NO9S/c19-4-13-28-14-12-26-11-10-25-9-8-24-7-6-23-5-3-17(22)27-18-15(20)1-2-16(18)21/h4H,1-3,5-14H2. The molecule has 2 amide bonds. The smallest absolute Gasteiger partial charge is 0.335 e. The SMILES string of the molecule is O=CCSCCOCCOCCOCCOCCC(=O)ON1C(=O)CCC1=O. The van der Waals surface area contributed by atoms with Crippen molar-refractivity contribution in [1.82, 2.24) is 5.06 Å². The van der Waals surface area contributed by atoms with Crippen LogP contribution in [0.25, 0.3) is 0 Å². The summed E-state index contributed by atoms with van der Waals surface area (Å²) in [5.74, 6) is -0.424. The molecule has 0 spiro atoms. The molecule has 160 valence electrons. The highest BCUT2D eigenvalue weighted by atomic mass is 32.2. The van der Waals surface area contributed by atoms with E-state index in [0.29, 0.717) is 57.1 Å². The number of hydroxylamine groups is 2. The number of carbonyl (C=O) groups is 4. The van der Waals surface area contributed by atoms with E-state index in [0.717, 1.165) is 12.0 Å². The van der Waals surface area contributed by atoms with Gasteiger partial charge in [0.15, 0.2) is 0 Å². The van der Waals surface area contributed by atoms with E-state index in [2.05, 4.69) is 0 Å². The summed E-state index contributed by atoms with van der Waals surface area (Å²) in [4.78, 5) is 48.9. The van der Waals surface area contributed by atoms with Crippen LogP contribution in [0.2, 0.25) is 0 Å². The van der Waals surface area contributed by atoms with Crippen molar-refractivity contribution in [3.63, 3.8) is 0 Å². The predicted octanol–water partition coefficient (Wildman–Crippen LogP) is -0.0178. The Kier molecular flexibility index (Phi) is 14.4. The Hall–Kier alpha value is -1.53. The van der Waals surface area contributed by atoms with Crippen molar-refractivity contribution in [3.8, 4) is 0 Å². The van der Waals surface area contributed by atoms with Crippen molar-refractivity contribution in [2.24, 2.45) is 0 Å². The second-order valence-corrected chi connectivity index (χ2v) is 6.64. The van der Waals surface area contributed by atoms with Gasteiger partial charge in [-0.2, -0.15) is 11.8 Å². The first-order valence-corrected chi connectivity index (χ1v) is 10.2. The zero-order chi connectivity index (χ0) is 20.5. The molecule has 0 aliphatic carbocycles. The molecule has 1 aliphatic heterocycles. The van der Waals surface area contributed by atoms with Crippen LogP contribution in [-0.4, -0.2) is 93.5 Å². The average molecular weight is 421 g/mol. The Labute approximate surface area is 168 Å². The fourth-order valence-electron chi connectivity index (χ4n) is 1.97. The molecule has 11 heteroatoms. The highest BCUT2D eigenvalue weighted by Crippen LogP contribution is 2.12. The topological polar surface area (TPSA) is 118 Å². The van der Waals surface area contributed by atoms with Crippen LogP contribution in [0.15, 0.2) is 0 Å².